The molecule has 1 atom stereocenters. The van der Waals surface area contributed by atoms with Gasteiger partial charge in [0, 0.05) is 0 Å². The summed E-state index contributed by atoms with van der Waals surface area (Å²) < 4.78 is 53.4. The molecule has 0 aliphatic heterocycles. The average Bonchev–Trinajstić information content (AvgIpc) is 2.65. The Morgan fingerprint density at radius 3 is 1.94 bits per heavy atom. The minimum atomic E-state index is -5.01. The van der Waals surface area contributed by atoms with Gasteiger partial charge in [0.25, 0.3) is 0 Å². The third-order valence-corrected chi connectivity index (χ3v) is 6.19. The van der Waals surface area contributed by atoms with Crippen LogP contribution in [0.4, 0.5) is 13.2 Å². The topological polar surface area (TPSA) is 99.1 Å². The molecule has 0 aromatic heterocycles. The Hall–Kier alpha value is -1.84. The van der Waals surface area contributed by atoms with Crippen molar-refractivity contribution in [3.05, 3.63) is 0 Å². The zero-order valence-corrected chi connectivity index (χ0v) is 19.6. The summed E-state index contributed by atoms with van der Waals surface area (Å²) in [5, 5.41) is 9.30. The van der Waals surface area contributed by atoms with Gasteiger partial charge in [0.2, 0.25) is 0 Å². The van der Waals surface area contributed by atoms with Gasteiger partial charge >= 0.3 is 24.1 Å². The maximum Gasteiger partial charge on any atom is 0.417 e. The van der Waals surface area contributed by atoms with Gasteiger partial charge in [-0.15, -0.1) is 0 Å². The standard InChI is InChI=1S/C22H35F3O7/c1-7-19(2,3)18(28)31-15-10-8-14(9-11-15)20(4,5)32-17(27)13-30-16(26)12-21(6,29)22(23,24)25/h14-15,29H,7-13H2,1-6H3. The summed E-state index contributed by atoms with van der Waals surface area (Å²) in [4.78, 5) is 35.9. The van der Waals surface area contributed by atoms with Gasteiger partial charge in [-0.2, -0.15) is 13.2 Å². The molecule has 1 N–H and O–H groups in total. The first-order chi connectivity index (χ1) is 14.4. The molecule has 7 nitrogen and oxygen atoms in total. The molecule has 32 heavy (non-hydrogen) atoms. The summed E-state index contributed by atoms with van der Waals surface area (Å²) in [7, 11) is 0. The molecule has 0 bridgehead atoms. The normalized spacial score (nSPS) is 21.9. The lowest BCUT2D eigenvalue weighted by Crippen LogP contribution is -2.44. The summed E-state index contributed by atoms with van der Waals surface area (Å²) in [6.45, 7) is 8.60. The first-order valence-electron chi connectivity index (χ1n) is 10.8. The fraction of sp³-hybridized carbons (Fsp3) is 0.864. The number of aliphatic hydroxyl groups is 1. The van der Waals surface area contributed by atoms with E-state index in [-0.39, 0.29) is 18.0 Å². The molecule has 0 amide bonds. The van der Waals surface area contributed by atoms with E-state index < -0.39 is 47.8 Å². The summed E-state index contributed by atoms with van der Waals surface area (Å²) in [6, 6.07) is 0. The number of rotatable bonds is 9. The summed E-state index contributed by atoms with van der Waals surface area (Å²) in [6.07, 6.45) is -3.31. The lowest BCUT2D eigenvalue weighted by Gasteiger charge is -2.39. The zero-order chi connectivity index (χ0) is 25.0. The third kappa shape index (κ3) is 7.94. The fourth-order valence-corrected chi connectivity index (χ4v) is 3.31. The second-order valence-corrected chi connectivity index (χ2v) is 9.80. The maximum atomic E-state index is 12.6. The quantitative estimate of drug-likeness (QED) is 0.402. The molecule has 186 valence electrons. The Morgan fingerprint density at radius 2 is 1.47 bits per heavy atom. The van der Waals surface area contributed by atoms with Gasteiger partial charge in [-0.25, -0.2) is 4.79 Å². The predicted molar refractivity (Wildman–Crippen MR) is 108 cm³/mol. The number of ether oxygens (including phenoxy) is 3. The minimum absolute atomic E-state index is 0.0257. The van der Waals surface area contributed by atoms with Crippen LogP contribution in [0.1, 0.15) is 80.1 Å². The van der Waals surface area contributed by atoms with Gasteiger partial charge in [0.15, 0.2) is 12.2 Å². The van der Waals surface area contributed by atoms with Crippen molar-refractivity contribution in [2.75, 3.05) is 6.61 Å². The molecular formula is C22H35F3O7. The number of carbonyl (C=O) groups is 3. The SMILES string of the molecule is CCC(C)(C)C(=O)OC1CCC(C(C)(C)OC(=O)COC(=O)CC(C)(O)C(F)(F)F)CC1. The van der Waals surface area contributed by atoms with E-state index in [1.807, 2.05) is 20.8 Å². The van der Waals surface area contributed by atoms with Crippen LogP contribution in [0.25, 0.3) is 0 Å². The average molecular weight is 469 g/mol. The van der Waals surface area contributed by atoms with E-state index in [2.05, 4.69) is 4.74 Å². The smallest absolute Gasteiger partial charge is 0.417 e. The largest absolute Gasteiger partial charge is 0.462 e. The second kappa shape index (κ2) is 10.4. The number of carbonyl (C=O) groups excluding carboxylic acids is 3. The third-order valence-electron chi connectivity index (χ3n) is 6.19. The molecule has 1 aliphatic rings. The van der Waals surface area contributed by atoms with E-state index in [0.717, 1.165) is 0 Å². The van der Waals surface area contributed by atoms with Gasteiger partial charge in [-0.3, -0.25) is 9.59 Å². The molecule has 0 saturated heterocycles. The van der Waals surface area contributed by atoms with Crippen molar-refractivity contribution < 1.29 is 46.9 Å². The Morgan fingerprint density at radius 1 is 0.938 bits per heavy atom. The van der Waals surface area contributed by atoms with Crippen LogP contribution in [-0.2, 0) is 28.6 Å². The van der Waals surface area contributed by atoms with Crippen molar-refractivity contribution in [2.24, 2.45) is 11.3 Å². The highest BCUT2D eigenvalue weighted by Gasteiger charge is 2.51. The van der Waals surface area contributed by atoms with Gasteiger partial charge in [0.05, 0.1) is 11.8 Å². The number of hydrogen-bond acceptors (Lipinski definition) is 7. The Labute approximate surface area is 187 Å². The molecule has 0 heterocycles. The van der Waals surface area contributed by atoms with E-state index in [4.69, 9.17) is 9.47 Å². The highest BCUT2D eigenvalue weighted by atomic mass is 19.4. The van der Waals surface area contributed by atoms with Crippen molar-refractivity contribution >= 4 is 17.9 Å². The van der Waals surface area contributed by atoms with E-state index in [1.54, 1.807) is 13.8 Å². The van der Waals surface area contributed by atoms with Crippen LogP contribution in [0, 0.1) is 11.3 Å². The highest BCUT2D eigenvalue weighted by molar-refractivity contribution is 5.77. The molecule has 1 fully saturated rings. The predicted octanol–water partition coefficient (Wildman–Crippen LogP) is 4.09. The Kier molecular flexibility index (Phi) is 9.16. The van der Waals surface area contributed by atoms with Crippen LogP contribution < -0.4 is 0 Å². The van der Waals surface area contributed by atoms with Crippen molar-refractivity contribution in [2.45, 2.75) is 104 Å². The molecule has 10 heteroatoms. The highest BCUT2D eigenvalue weighted by Crippen LogP contribution is 2.37. The number of esters is 3. The zero-order valence-electron chi connectivity index (χ0n) is 19.6. The fourth-order valence-electron chi connectivity index (χ4n) is 3.31. The molecule has 1 aliphatic carbocycles. The van der Waals surface area contributed by atoms with Gasteiger partial charge in [-0.05, 0) is 72.6 Å². The summed E-state index contributed by atoms with van der Waals surface area (Å²) in [5.41, 5.74) is -4.70. The minimum Gasteiger partial charge on any atom is -0.462 e. The van der Waals surface area contributed by atoms with E-state index in [0.29, 0.717) is 39.0 Å². The van der Waals surface area contributed by atoms with E-state index in [9.17, 15) is 32.7 Å². The molecular weight excluding hydrogens is 433 g/mol. The van der Waals surface area contributed by atoms with Crippen LogP contribution in [-0.4, -0.2) is 53.1 Å². The molecule has 1 rings (SSSR count). The van der Waals surface area contributed by atoms with Crippen LogP contribution >= 0.6 is 0 Å². The maximum absolute atomic E-state index is 12.6. The van der Waals surface area contributed by atoms with Crippen molar-refractivity contribution in [3.8, 4) is 0 Å². The van der Waals surface area contributed by atoms with Gasteiger partial charge in [0.1, 0.15) is 11.7 Å². The first kappa shape index (κ1) is 28.2. The monoisotopic (exact) mass is 468 g/mol. The lowest BCUT2D eigenvalue weighted by molar-refractivity contribution is -0.255. The molecule has 0 spiro atoms. The van der Waals surface area contributed by atoms with Crippen LogP contribution in [0.2, 0.25) is 0 Å². The van der Waals surface area contributed by atoms with E-state index in [1.165, 1.54) is 0 Å². The Bertz CT molecular complexity index is 676. The molecule has 1 saturated carbocycles. The molecule has 1 unspecified atom stereocenters. The van der Waals surface area contributed by atoms with Crippen LogP contribution in [0.5, 0.6) is 0 Å². The molecule has 0 radical (unpaired) electrons. The summed E-state index contributed by atoms with van der Waals surface area (Å²) >= 11 is 0. The van der Waals surface area contributed by atoms with E-state index >= 15 is 0 Å². The lowest BCUT2D eigenvalue weighted by atomic mass is 9.77. The number of alkyl halides is 3. The van der Waals surface area contributed by atoms with Gasteiger partial charge in [-0.1, -0.05) is 6.92 Å². The number of hydrogen-bond donors (Lipinski definition) is 1. The second-order valence-electron chi connectivity index (χ2n) is 9.80. The van der Waals surface area contributed by atoms with Gasteiger partial charge < -0.3 is 19.3 Å². The first-order valence-corrected chi connectivity index (χ1v) is 10.8. The summed E-state index contributed by atoms with van der Waals surface area (Å²) in [5.74, 6) is -2.52. The van der Waals surface area contributed by atoms with Crippen LogP contribution in [0.3, 0.4) is 0 Å². The Balaban J connectivity index is 2.49. The van der Waals surface area contributed by atoms with Crippen LogP contribution in [0.15, 0.2) is 0 Å². The van der Waals surface area contributed by atoms with Crippen molar-refractivity contribution in [1.29, 1.82) is 0 Å². The molecule has 0 aromatic rings. The van der Waals surface area contributed by atoms with Crippen molar-refractivity contribution in [3.63, 3.8) is 0 Å². The molecule has 0 aromatic carbocycles. The number of halogens is 3. The van der Waals surface area contributed by atoms with Crippen molar-refractivity contribution in [1.82, 2.24) is 0 Å².